The van der Waals surface area contributed by atoms with Gasteiger partial charge >= 0.3 is 0 Å². The third kappa shape index (κ3) is 6.80. The van der Waals surface area contributed by atoms with Crippen molar-refractivity contribution < 1.29 is 4.74 Å². The van der Waals surface area contributed by atoms with Crippen LogP contribution in [-0.2, 0) is 11.3 Å². The van der Waals surface area contributed by atoms with E-state index in [-0.39, 0.29) is 6.10 Å². The molecule has 26 heavy (non-hydrogen) atoms. The van der Waals surface area contributed by atoms with Crippen molar-refractivity contribution in [2.75, 3.05) is 58.8 Å². The maximum Gasteiger partial charge on any atom is 0.191 e. The fourth-order valence-corrected chi connectivity index (χ4v) is 3.01. The van der Waals surface area contributed by atoms with Gasteiger partial charge < -0.3 is 20.3 Å². The second-order valence-electron chi connectivity index (χ2n) is 7.33. The lowest BCUT2D eigenvalue weighted by atomic mass is 10.2. The van der Waals surface area contributed by atoms with E-state index in [2.05, 4.69) is 39.4 Å². The molecule has 1 saturated heterocycles. The molecule has 1 aromatic heterocycles. The van der Waals surface area contributed by atoms with Crippen molar-refractivity contribution in [1.82, 2.24) is 20.5 Å². The Balaban J connectivity index is 1.78. The third-order valence-corrected chi connectivity index (χ3v) is 4.25. The number of aromatic nitrogens is 1. The zero-order valence-electron chi connectivity index (χ0n) is 16.8. The van der Waals surface area contributed by atoms with Crippen molar-refractivity contribution in [3.63, 3.8) is 0 Å². The second kappa shape index (κ2) is 10.3. The number of guanidine groups is 1. The van der Waals surface area contributed by atoms with Crippen molar-refractivity contribution in [3.8, 4) is 0 Å². The summed E-state index contributed by atoms with van der Waals surface area (Å²) in [6, 6.07) is 6.04. The summed E-state index contributed by atoms with van der Waals surface area (Å²) >= 11 is 0. The van der Waals surface area contributed by atoms with Crippen LogP contribution in [0.25, 0.3) is 0 Å². The molecule has 0 saturated carbocycles. The van der Waals surface area contributed by atoms with Crippen molar-refractivity contribution in [2.45, 2.75) is 26.5 Å². The van der Waals surface area contributed by atoms with Gasteiger partial charge in [-0.25, -0.2) is 4.98 Å². The summed E-state index contributed by atoms with van der Waals surface area (Å²) in [4.78, 5) is 13.4. The smallest absolute Gasteiger partial charge is 0.191 e. The minimum atomic E-state index is 0.191. The van der Waals surface area contributed by atoms with Gasteiger partial charge in [-0.3, -0.25) is 9.89 Å². The zero-order valence-corrected chi connectivity index (χ0v) is 16.8. The number of hydrogen-bond donors (Lipinski definition) is 2. The van der Waals surface area contributed by atoms with Gasteiger partial charge in [0.2, 0.25) is 0 Å². The highest BCUT2D eigenvalue weighted by Crippen LogP contribution is 2.08. The molecule has 2 N–H and O–H groups in total. The van der Waals surface area contributed by atoms with Crippen LogP contribution < -0.4 is 15.5 Å². The number of rotatable bonds is 7. The van der Waals surface area contributed by atoms with Gasteiger partial charge in [-0.1, -0.05) is 19.9 Å². The standard InChI is InChI=1S/C19H34N6O/c1-15(2)13-25-9-10-26-17(14-25)12-22-19(20-3)21-11-16-7-6-8-18(23-16)24(4)5/h6-8,15,17H,9-14H2,1-5H3,(H2,20,21,22). The molecule has 1 aliphatic heterocycles. The molecule has 7 heteroatoms. The molecule has 1 atom stereocenters. The predicted octanol–water partition coefficient (Wildman–Crippen LogP) is 1.17. The van der Waals surface area contributed by atoms with E-state index in [1.807, 2.05) is 37.2 Å². The first kappa shape index (κ1) is 20.5. The molecule has 1 unspecified atom stereocenters. The molecule has 7 nitrogen and oxygen atoms in total. The molecule has 0 spiro atoms. The Bertz CT molecular complexity index is 575. The van der Waals surface area contributed by atoms with Crippen molar-refractivity contribution in [1.29, 1.82) is 0 Å². The van der Waals surface area contributed by atoms with Gasteiger partial charge in [-0.15, -0.1) is 0 Å². The SMILES string of the molecule is CN=C(NCc1cccc(N(C)C)n1)NCC1CN(CC(C)C)CCO1. The normalized spacial score (nSPS) is 18.8. The lowest BCUT2D eigenvalue weighted by Crippen LogP contribution is -2.50. The largest absolute Gasteiger partial charge is 0.374 e. The minimum absolute atomic E-state index is 0.191. The number of aliphatic imine (C=N–C) groups is 1. The molecule has 0 bridgehead atoms. The Hall–Kier alpha value is -1.86. The molecule has 1 aromatic rings. The first-order chi connectivity index (χ1) is 12.5. The molecular formula is C19H34N6O. The zero-order chi connectivity index (χ0) is 18.9. The summed E-state index contributed by atoms with van der Waals surface area (Å²) in [6.45, 7) is 9.81. The number of hydrogen-bond acceptors (Lipinski definition) is 5. The number of anilines is 1. The molecule has 1 fully saturated rings. The van der Waals surface area contributed by atoms with E-state index in [0.29, 0.717) is 12.5 Å². The van der Waals surface area contributed by atoms with Crippen LogP contribution >= 0.6 is 0 Å². The minimum Gasteiger partial charge on any atom is -0.374 e. The highest BCUT2D eigenvalue weighted by molar-refractivity contribution is 5.79. The molecule has 0 amide bonds. The van der Waals surface area contributed by atoms with Gasteiger partial charge in [0.15, 0.2) is 5.96 Å². The number of pyridine rings is 1. The average molecular weight is 363 g/mol. The van der Waals surface area contributed by atoms with Gasteiger partial charge in [0.25, 0.3) is 0 Å². The van der Waals surface area contributed by atoms with Crippen molar-refractivity contribution in [3.05, 3.63) is 23.9 Å². The van der Waals surface area contributed by atoms with Gasteiger partial charge in [-0.05, 0) is 18.1 Å². The maximum atomic E-state index is 5.88. The van der Waals surface area contributed by atoms with E-state index in [4.69, 9.17) is 4.74 Å². The number of nitrogens with zero attached hydrogens (tertiary/aromatic N) is 4. The number of morpholine rings is 1. The quantitative estimate of drug-likeness (QED) is 0.561. The Morgan fingerprint density at radius 2 is 2.19 bits per heavy atom. The highest BCUT2D eigenvalue weighted by Gasteiger charge is 2.21. The van der Waals surface area contributed by atoms with E-state index in [9.17, 15) is 0 Å². The van der Waals surface area contributed by atoms with E-state index in [1.54, 1.807) is 7.05 Å². The maximum absolute atomic E-state index is 5.88. The fraction of sp³-hybridized carbons (Fsp3) is 0.684. The van der Waals surface area contributed by atoms with Crippen LogP contribution in [0.4, 0.5) is 5.82 Å². The molecule has 1 aliphatic rings. The summed E-state index contributed by atoms with van der Waals surface area (Å²) in [6.07, 6.45) is 0.191. The van der Waals surface area contributed by atoms with Crippen molar-refractivity contribution >= 4 is 11.8 Å². The lowest BCUT2D eigenvalue weighted by Gasteiger charge is -2.34. The van der Waals surface area contributed by atoms with Gasteiger partial charge in [0.1, 0.15) is 5.82 Å². The second-order valence-corrected chi connectivity index (χ2v) is 7.33. The van der Waals surface area contributed by atoms with Gasteiger partial charge in [0, 0.05) is 47.3 Å². The van der Waals surface area contributed by atoms with Crippen LogP contribution in [0.15, 0.2) is 23.2 Å². The topological polar surface area (TPSA) is 65.0 Å². The third-order valence-electron chi connectivity index (χ3n) is 4.25. The number of ether oxygens (including phenoxy) is 1. The Kier molecular flexibility index (Phi) is 8.12. The predicted molar refractivity (Wildman–Crippen MR) is 108 cm³/mol. The van der Waals surface area contributed by atoms with E-state index in [1.165, 1.54) is 0 Å². The van der Waals surface area contributed by atoms with E-state index in [0.717, 1.165) is 50.3 Å². The molecule has 2 heterocycles. The number of nitrogens with one attached hydrogen (secondary N) is 2. The Labute approximate surface area is 157 Å². The Morgan fingerprint density at radius 3 is 2.88 bits per heavy atom. The van der Waals surface area contributed by atoms with Crippen LogP contribution in [0.3, 0.4) is 0 Å². The fourth-order valence-electron chi connectivity index (χ4n) is 3.01. The molecule has 146 valence electrons. The van der Waals surface area contributed by atoms with Crippen LogP contribution in [0.1, 0.15) is 19.5 Å². The summed E-state index contributed by atoms with van der Waals surface area (Å²) in [5.41, 5.74) is 0.983. The highest BCUT2D eigenvalue weighted by atomic mass is 16.5. The first-order valence-electron chi connectivity index (χ1n) is 9.39. The van der Waals surface area contributed by atoms with Gasteiger partial charge in [-0.2, -0.15) is 0 Å². The molecule has 2 rings (SSSR count). The van der Waals surface area contributed by atoms with Crippen LogP contribution in [-0.4, -0.2) is 75.9 Å². The van der Waals surface area contributed by atoms with Crippen LogP contribution in [0.5, 0.6) is 0 Å². The summed E-state index contributed by atoms with van der Waals surface area (Å²) in [5, 5.41) is 6.69. The van der Waals surface area contributed by atoms with Gasteiger partial charge in [0.05, 0.1) is 24.9 Å². The van der Waals surface area contributed by atoms with E-state index >= 15 is 0 Å². The van der Waals surface area contributed by atoms with E-state index < -0.39 is 0 Å². The molecular weight excluding hydrogens is 328 g/mol. The monoisotopic (exact) mass is 362 g/mol. The lowest BCUT2D eigenvalue weighted by molar-refractivity contribution is -0.0284. The molecule has 0 aromatic carbocycles. The summed E-state index contributed by atoms with van der Waals surface area (Å²) in [7, 11) is 5.77. The van der Waals surface area contributed by atoms with Crippen LogP contribution in [0.2, 0.25) is 0 Å². The molecule has 0 aliphatic carbocycles. The average Bonchev–Trinajstić information content (AvgIpc) is 2.62. The Morgan fingerprint density at radius 1 is 1.38 bits per heavy atom. The van der Waals surface area contributed by atoms with Crippen LogP contribution in [0, 0.1) is 5.92 Å². The molecule has 0 radical (unpaired) electrons. The first-order valence-corrected chi connectivity index (χ1v) is 9.39. The summed E-state index contributed by atoms with van der Waals surface area (Å²) < 4.78 is 5.88. The summed E-state index contributed by atoms with van der Waals surface area (Å²) in [5.74, 6) is 2.40. The van der Waals surface area contributed by atoms with Crippen molar-refractivity contribution in [2.24, 2.45) is 10.9 Å².